The molecule has 0 aliphatic heterocycles. The summed E-state index contributed by atoms with van der Waals surface area (Å²) in [6.45, 7) is 3.04. The largest absolute Gasteiger partial charge is 0.481 e. The van der Waals surface area contributed by atoms with Crippen LogP contribution in [0.25, 0.3) is 0 Å². The van der Waals surface area contributed by atoms with E-state index in [9.17, 15) is 9.59 Å². The second-order valence-corrected chi connectivity index (χ2v) is 2.01. The van der Waals surface area contributed by atoms with Crippen molar-refractivity contribution in [1.82, 2.24) is 0 Å². The second-order valence-electron chi connectivity index (χ2n) is 2.01. The van der Waals surface area contributed by atoms with E-state index in [2.05, 4.69) is 16.1 Å². The molecule has 12 heavy (non-hydrogen) atoms. The predicted octanol–water partition coefficient (Wildman–Crippen LogP) is 0.164. The molecule has 0 unspecified atom stereocenters. The molecule has 68 valence electrons. The van der Waals surface area contributed by atoms with Gasteiger partial charge in [0.15, 0.2) is 6.79 Å². The van der Waals surface area contributed by atoms with Crippen molar-refractivity contribution >= 4 is 11.9 Å². The predicted molar refractivity (Wildman–Crippen MR) is 39.4 cm³/mol. The SMILES string of the molecule is C=C(CC(=O)O)C(=O)OCOC. The summed E-state index contributed by atoms with van der Waals surface area (Å²) >= 11 is 0. The molecular formula is C7H10O5. The maximum Gasteiger partial charge on any atom is 0.336 e. The standard InChI is InChI=1S/C7H10O5/c1-5(3-6(8)9)7(10)12-4-11-2/h1,3-4H2,2H3,(H,8,9). The molecule has 0 aromatic carbocycles. The number of aliphatic carboxylic acids is 1. The zero-order valence-corrected chi connectivity index (χ0v) is 6.70. The van der Waals surface area contributed by atoms with Crippen LogP contribution < -0.4 is 0 Å². The van der Waals surface area contributed by atoms with Crippen molar-refractivity contribution < 1.29 is 24.2 Å². The number of carboxylic acid groups (broad SMARTS) is 1. The van der Waals surface area contributed by atoms with Crippen LogP contribution >= 0.6 is 0 Å². The third-order valence-corrected chi connectivity index (χ3v) is 0.961. The van der Waals surface area contributed by atoms with E-state index in [0.29, 0.717) is 0 Å². The van der Waals surface area contributed by atoms with Gasteiger partial charge in [0, 0.05) is 12.7 Å². The zero-order valence-electron chi connectivity index (χ0n) is 6.70. The van der Waals surface area contributed by atoms with Gasteiger partial charge in [0.2, 0.25) is 0 Å². The van der Waals surface area contributed by atoms with E-state index >= 15 is 0 Å². The smallest absolute Gasteiger partial charge is 0.336 e. The molecule has 0 radical (unpaired) electrons. The van der Waals surface area contributed by atoms with Gasteiger partial charge in [-0.3, -0.25) is 4.79 Å². The molecule has 0 aliphatic rings. The summed E-state index contributed by atoms with van der Waals surface area (Å²) in [5.41, 5.74) is -0.0976. The van der Waals surface area contributed by atoms with Gasteiger partial charge >= 0.3 is 11.9 Å². The van der Waals surface area contributed by atoms with Gasteiger partial charge in [-0.05, 0) is 0 Å². The zero-order chi connectivity index (χ0) is 9.56. The number of methoxy groups -OCH3 is 1. The Bertz CT molecular complexity index is 196. The van der Waals surface area contributed by atoms with Crippen molar-refractivity contribution in [2.75, 3.05) is 13.9 Å². The van der Waals surface area contributed by atoms with Gasteiger partial charge in [-0.2, -0.15) is 0 Å². The number of ether oxygens (including phenoxy) is 2. The van der Waals surface area contributed by atoms with Crippen molar-refractivity contribution in [3.05, 3.63) is 12.2 Å². The lowest BCUT2D eigenvalue weighted by Crippen LogP contribution is -2.11. The summed E-state index contributed by atoms with van der Waals surface area (Å²) in [4.78, 5) is 20.9. The molecule has 0 saturated carbocycles. The first-order chi connectivity index (χ1) is 5.57. The summed E-state index contributed by atoms with van der Waals surface area (Å²) in [6, 6.07) is 0. The lowest BCUT2D eigenvalue weighted by molar-refractivity contribution is -0.151. The monoisotopic (exact) mass is 174 g/mol. The molecule has 0 bridgehead atoms. The van der Waals surface area contributed by atoms with Crippen molar-refractivity contribution in [1.29, 1.82) is 0 Å². The van der Waals surface area contributed by atoms with Crippen LogP contribution in [-0.2, 0) is 19.1 Å². The second kappa shape index (κ2) is 5.31. The third kappa shape index (κ3) is 4.45. The fraction of sp³-hybridized carbons (Fsp3) is 0.429. The molecule has 0 heterocycles. The van der Waals surface area contributed by atoms with Crippen LogP contribution in [0.3, 0.4) is 0 Å². The minimum absolute atomic E-state index is 0.0976. The average molecular weight is 174 g/mol. The molecule has 0 aromatic rings. The van der Waals surface area contributed by atoms with E-state index in [-0.39, 0.29) is 12.4 Å². The normalized spacial score (nSPS) is 9.08. The highest BCUT2D eigenvalue weighted by atomic mass is 16.7. The highest BCUT2D eigenvalue weighted by Gasteiger charge is 2.11. The first kappa shape index (κ1) is 10.6. The number of rotatable bonds is 5. The number of carbonyl (C=O) groups is 2. The number of hydrogen-bond acceptors (Lipinski definition) is 4. The Kier molecular flexibility index (Phi) is 4.71. The minimum atomic E-state index is -1.12. The topological polar surface area (TPSA) is 72.8 Å². The first-order valence-corrected chi connectivity index (χ1v) is 3.13. The van der Waals surface area contributed by atoms with Gasteiger partial charge in [0.25, 0.3) is 0 Å². The van der Waals surface area contributed by atoms with Crippen LogP contribution in [0.15, 0.2) is 12.2 Å². The molecule has 1 N–H and O–H groups in total. The van der Waals surface area contributed by atoms with Crippen LogP contribution in [0.4, 0.5) is 0 Å². The molecular weight excluding hydrogens is 164 g/mol. The van der Waals surface area contributed by atoms with Gasteiger partial charge in [0.05, 0.1) is 6.42 Å². The molecule has 0 atom stereocenters. The maximum absolute atomic E-state index is 10.8. The molecule has 0 fully saturated rings. The Balaban J connectivity index is 3.77. The molecule has 5 heteroatoms. The van der Waals surface area contributed by atoms with Crippen molar-refractivity contribution in [2.45, 2.75) is 6.42 Å². The van der Waals surface area contributed by atoms with Gasteiger partial charge in [0.1, 0.15) is 0 Å². The van der Waals surface area contributed by atoms with Crippen molar-refractivity contribution in [3.8, 4) is 0 Å². The summed E-state index contributed by atoms with van der Waals surface area (Å²) in [6.07, 6.45) is -0.414. The van der Waals surface area contributed by atoms with Crippen molar-refractivity contribution in [2.24, 2.45) is 0 Å². The highest BCUT2D eigenvalue weighted by Crippen LogP contribution is 2.00. The summed E-state index contributed by atoms with van der Waals surface area (Å²) in [5, 5.41) is 8.26. The number of carbonyl (C=O) groups excluding carboxylic acids is 1. The van der Waals surface area contributed by atoms with Crippen LogP contribution in [0.1, 0.15) is 6.42 Å². The quantitative estimate of drug-likeness (QED) is 0.365. The number of carboxylic acids is 1. The molecule has 0 rings (SSSR count). The molecule has 5 nitrogen and oxygen atoms in total. The van der Waals surface area contributed by atoms with E-state index in [0.717, 1.165) is 0 Å². The van der Waals surface area contributed by atoms with E-state index in [1.807, 2.05) is 0 Å². The van der Waals surface area contributed by atoms with E-state index in [1.54, 1.807) is 0 Å². The van der Waals surface area contributed by atoms with Gasteiger partial charge < -0.3 is 14.6 Å². The highest BCUT2D eigenvalue weighted by molar-refractivity contribution is 5.92. The molecule has 0 saturated heterocycles. The number of esters is 1. The Morgan fingerprint density at radius 1 is 1.50 bits per heavy atom. The van der Waals surface area contributed by atoms with Crippen LogP contribution in [-0.4, -0.2) is 30.9 Å². The summed E-state index contributed by atoms with van der Waals surface area (Å²) in [7, 11) is 1.35. The lowest BCUT2D eigenvalue weighted by Gasteiger charge is -2.02. The van der Waals surface area contributed by atoms with E-state index in [1.165, 1.54) is 7.11 Å². The molecule has 0 aliphatic carbocycles. The summed E-state index contributed by atoms with van der Waals surface area (Å²) in [5.74, 6) is -1.87. The fourth-order valence-electron chi connectivity index (χ4n) is 0.469. The Hall–Kier alpha value is -1.36. The molecule has 0 aromatic heterocycles. The minimum Gasteiger partial charge on any atom is -0.481 e. The lowest BCUT2D eigenvalue weighted by atomic mass is 10.2. The van der Waals surface area contributed by atoms with Gasteiger partial charge in [-0.1, -0.05) is 6.58 Å². The van der Waals surface area contributed by atoms with Gasteiger partial charge in [-0.25, -0.2) is 4.79 Å². The summed E-state index contributed by atoms with van der Waals surface area (Å²) < 4.78 is 8.87. The van der Waals surface area contributed by atoms with Crippen LogP contribution in [0, 0.1) is 0 Å². The molecule has 0 amide bonds. The molecule has 0 spiro atoms. The Morgan fingerprint density at radius 2 is 2.08 bits per heavy atom. The van der Waals surface area contributed by atoms with Crippen LogP contribution in [0.2, 0.25) is 0 Å². The first-order valence-electron chi connectivity index (χ1n) is 3.13. The van der Waals surface area contributed by atoms with E-state index < -0.39 is 18.4 Å². The maximum atomic E-state index is 10.8. The van der Waals surface area contributed by atoms with Gasteiger partial charge in [-0.15, -0.1) is 0 Å². The van der Waals surface area contributed by atoms with E-state index in [4.69, 9.17) is 5.11 Å². The van der Waals surface area contributed by atoms with Crippen LogP contribution in [0.5, 0.6) is 0 Å². The van der Waals surface area contributed by atoms with Crippen molar-refractivity contribution in [3.63, 3.8) is 0 Å². The Morgan fingerprint density at radius 3 is 2.50 bits per heavy atom. The average Bonchev–Trinajstić information content (AvgIpc) is 1.98. The third-order valence-electron chi connectivity index (χ3n) is 0.961. The Labute approximate surface area is 69.6 Å². The number of hydrogen-bond donors (Lipinski definition) is 1. The fourth-order valence-corrected chi connectivity index (χ4v) is 0.469.